The maximum Gasteiger partial charge on any atom is 0.415 e. The third kappa shape index (κ3) is 5.85. The summed E-state index contributed by atoms with van der Waals surface area (Å²) in [6.07, 6.45) is -0.528. The Morgan fingerprint density at radius 3 is 2.57 bits per heavy atom. The highest BCUT2D eigenvalue weighted by Crippen LogP contribution is 2.33. The molecule has 2 saturated heterocycles. The molecule has 6 rings (SSSR count). The minimum atomic E-state index is -1.43. The highest BCUT2D eigenvalue weighted by atomic mass is 19.1. The number of nitrogens with two attached hydrogens (primary N) is 1. The van der Waals surface area contributed by atoms with Crippen LogP contribution in [0.1, 0.15) is 44.2 Å². The number of aliphatic hydroxyl groups excluding tert-OH is 2. The van der Waals surface area contributed by atoms with E-state index in [-0.39, 0.29) is 40.5 Å². The third-order valence-corrected chi connectivity index (χ3v) is 7.63. The Morgan fingerprint density at radius 2 is 1.86 bits per heavy atom. The highest BCUT2D eigenvalue weighted by Gasteiger charge is 2.48. The number of likely N-dealkylation sites (tertiary alicyclic amines) is 1. The molecule has 3 aliphatic rings. The van der Waals surface area contributed by atoms with Crippen LogP contribution >= 0.6 is 0 Å². The molecule has 4 atom stereocenters. The number of amides is 2. The van der Waals surface area contributed by atoms with Gasteiger partial charge in [-0.2, -0.15) is 0 Å². The summed E-state index contributed by atoms with van der Waals surface area (Å²) in [4.78, 5) is 39.4. The van der Waals surface area contributed by atoms with E-state index in [1.54, 1.807) is 4.90 Å². The number of aliphatic hydroxyl groups is 2. The number of nitrogens with one attached hydrogen (secondary N) is 1. The quantitative estimate of drug-likeness (QED) is 0.320. The van der Waals surface area contributed by atoms with Gasteiger partial charge in [-0.05, 0) is 61.8 Å². The van der Waals surface area contributed by atoms with Crippen LogP contribution in [0.5, 0.6) is 5.75 Å². The lowest BCUT2D eigenvalue weighted by Crippen LogP contribution is -2.43. The van der Waals surface area contributed by atoms with Crippen molar-refractivity contribution in [2.24, 2.45) is 5.92 Å². The summed E-state index contributed by atoms with van der Waals surface area (Å²) < 4.78 is 25.6. The molecule has 220 valence electrons. The molecule has 3 fully saturated rings. The first-order chi connectivity index (χ1) is 20.3. The first-order valence-corrected chi connectivity index (χ1v) is 13.8. The molecule has 1 aliphatic carbocycles. The summed E-state index contributed by atoms with van der Waals surface area (Å²) >= 11 is 0. The fraction of sp³-hybridized carbons (Fsp3) is 0.464. The molecule has 1 saturated carbocycles. The Hall–Kier alpha value is -4.32. The number of hydrogen-bond acceptors (Lipinski definition) is 10. The minimum absolute atomic E-state index is 0.0733. The van der Waals surface area contributed by atoms with Crippen LogP contribution in [0.4, 0.5) is 15.0 Å². The number of rotatable bonds is 5. The van der Waals surface area contributed by atoms with E-state index in [4.69, 9.17) is 15.2 Å². The first-order valence-electron chi connectivity index (χ1n) is 13.8. The van der Waals surface area contributed by atoms with Gasteiger partial charge in [0.05, 0.1) is 6.33 Å². The average molecular weight is 580 g/mol. The molecule has 0 spiro atoms. The average Bonchev–Trinajstić information content (AvgIpc) is 3.61. The van der Waals surface area contributed by atoms with Gasteiger partial charge in [0.2, 0.25) is 5.82 Å². The third-order valence-electron chi connectivity index (χ3n) is 7.63. The Kier molecular flexibility index (Phi) is 7.63. The van der Waals surface area contributed by atoms with Crippen molar-refractivity contribution in [2.75, 3.05) is 18.8 Å². The van der Waals surface area contributed by atoms with Crippen LogP contribution in [-0.4, -0.2) is 84.1 Å². The molecule has 4 heterocycles. The number of anilines is 1. The van der Waals surface area contributed by atoms with E-state index in [1.807, 2.05) is 0 Å². The van der Waals surface area contributed by atoms with E-state index in [2.05, 4.69) is 32.1 Å². The number of nitrogens with zero attached hydrogens (tertiary/aromatic N) is 5. The number of ether oxygens (including phenoxy) is 2. The molecule has 2 aromatic heterocycles. The van der Waals surface area contributed by atoms with E-state index in [1.165, 1.54) is 35.2 Å². The second-order valence-corrected chi connectivity index (χ2v) is 10.7. The topological polar surface area (TPSA) is 178 Å². The van der Waals surface area contributed by atoms with E-state index >= 15 is 0 Å². The maximum absolute atomic E-state index is 13.1. The van der Waals surface area contributed by atoms with E-state index in [0.29, 0.717) is 19.5 Å². The molecule has 1 aromatic carbocycles. The van der Waals surface area contributed by atoms with E-state index < -0.39 is 42.4 Å². The number of aromatic nitrogens is 4. The molecule has 2 amide bonds. The fourth-order valence-electron chi connectivity index (χ4n) is 5.06. The standard InChI is InChI=1S/C28H30FN7O6/c29-16-4-8-18(9-5-16)41-28(40)35-12-10-15(11-13-35)2-1-3-19-33-24(30)20-25(34-19)36(14-31-20)27-22(38)21(37)23(42-27)26(39)32-17-6-7-17/h4-5,8-9,14-15,17,21-23,27,37-38H,2,6-7,10-13H2,(H,32,39)(H2,30,33,34)/t21-,22+,23?,27?/m1/s1. The molecule has 13 nitrogen and oxygen atoms in total. The molecule has 0 bridgehead atoms. The van der Waals surface area contributed by atoms with Crippen LogP contribution in [0.25, 0.3) is 11.2 Å². The van der Waals surface area contributed by atoms with E-state index in [9.17, 15) is 24.2 Å². The van der Waals surface area contributed by atoms with Crippen molar-refractivity contribution in [3.8, 4) is 17.6 Å². The van der Waals surface area contributed by atoms with Crippen molar-refractivity contribution in [1.82, 2.24) is 29.7 Å². The monoisotopic (exact) mass is 579 g/mol. The summed E-state index contributed by atoms with van der Waals surface area (Å²) in [6.45, 7) is 1.02. The van der Waals surface area contributed by atoms with Crippen LogP contribution in [0, 0.1) is 23.6 Å². The zero-order valence-electron chi connectivity index (χ0n) is 22.5. The molecule has 2 aliphatic heterocycles. The Morgan fingerprint density at radius 1 is 1.12 bits per heavy atom. The highest BCUT2D eigenvalue weighted by molar-refractivity contribution is 5.83. The lowest BCUT2D eigenvalue weighted by molar-refractivity contribution is -0.137. The first kappa shape index (κ1) is 27.8. The zero-order chi connectivity index (χ0) is 29.4. The maximum atomic E-state index is 13.1. The van der Waals surface area contributed by atoms with Crippen LogP contribution < -0.4 is 15.8 Å². The lowest BCUT2D eigenvalue weighted by Gasteiger charge is -2.30. The molecular weight excluding hydrogens is 549 g/mol. The zero-order valence-corrected chi connectivity index (χ0v) is 22.5. The SMILES string of the molecule is Nc1nc(C#CCC2CCN(C(=O)Oc3ccc(F)cc3)CC2)nc2c1ncn2C1OC(C(=O)NC2CC2)[C@H](O)[C@@H]1O. The van der Waals surface area contributed by atoms with Gasteiger partial charge in [0.25, 0.3) is 5.91 Å². The predicted octanol–water partition coefficient (Wildman–Crippen LogP) is 1.10. The molecule has 14 heteroatoms. The van der Waals surface area contributed by atoms with Crippen molar-refractivity contribution in [2.45, 2.75) is 62.7 Å². The normalized spacial score (nSPS) is 24.3. The molecule has 5 N–H and O–H groups in total. The van der Waals surface area contributed by atoms with Gasteiger partial charge >= 0.3 is 6.09 Å². The minimum Gasteiger partial charge on any atom is -0.410 e. The van der Waals surface area contributed by atoms with Gasteiger partial charge in [0.15, 0.2) is 23.8 Å². The second-order valence-electron chi connectivity index (χ2n) is 10.7. The number of carbonyl (C=O) groups excluding carboxylic acids is 2. The molecule has 0 radical (unpaired) electrons. The Bertz CT molecular complexity index is 1540. The predicted molar refractivity (Wildman–Crippen MR) is 145 cm³/mol. The van der Waals surface area contributed by atoms with Gasteiger partial charge in [-0.25, -0.2) is 24.1 Å². The molecule has 3 aromatic rings. The summed E-state index contributed by atoms with van der Waals surface area (Å²) in [5.74, 6) is 5.92. The Labute approximate surface area is 239 Å². The van der Waals surface area contributed by atoms with Crippen LogP contribution in [0.2, 0.25) is 0 Å². The number of hydrogen-bond donors (Lipinski definition) is 4. The summed E-state index contributed by atoms with van der Waals surface area (Å²) in [5, 5.41) is 23.9. The number of fused-ring (bicyclic) bond motifs is 1. The van der Waals surface area contributed by atoms with Gasteiger partial charge < -0.3 is 35.6 Å². The fourth-order valence-corrected chi connectivity index (χ4v) is 5.06. The van der Waals surface area contributed by atoms with E-state index in [0.717, 1.165) is 25.7 Å². The number of benzene rings is 1. The summed E-state index contributed by atoms with van der Waals surface area (Å²) in [7, 11) is 0. The summed E-state index contributed by atoms with van der Waals surface area (Å²) in [6, 6.07) is 5.36. The smallest absolute Gasteiger partial charge is 0.410 e. The van der Waals surface area contributed by atoms with Crippen molar-refractivity contribution in [3.05, 3.63) is 42.2 Å². The second kappa shape index (κ2) is 11.5. The van der Waals surface area contributed by atoms with Gasteiger partial charge in [0, 0.05) is 25.6 Å². The number of nitrogen functional groups attached to an aromatic ring is 1. The van der Waals surface area contributed by atoms with Crippen LogP contribution in [0.3, 0.4) is 0 Å². The number of piperidine rings is 1. The molecular formula is C28H30FN7O6. The van der Waals surface area contributed by atoms with Crippen LogP contribution in [-0.2, 0) is 9.53 Å². The van der Waals surface area contributed by atoms with Gasteiger partial charge in [-0.15, -0.1) is 0 Å². The van der Waals surface area contributed by atoms with Gasteiger partial charge in [-0.3, -0.25) is 9.36 Å². The van der Waals surface area contributed by atoms with Crippen LogP contribution in [0.15, 0.2) is 30.6 Å². The van der Waals surface area contributed by atoms with Crippen molar-refractivity contribution < 1.29 is 33.7 Å². The van der Waals surface area contributed by atoms with Gasteiger partial charge in [0.1, 0.15) is 29.3 Å². The van der Waals surface area contributed by atoms with Crippen molar-refractivity contribution >= 4 is 29.0 Å². The van der Waals surface area contributed by atoms with Crippen molar-refractivity contribution in [1.29, 1.82) is 0 Å². The van der Waals surface area contributed by atoms with Gasteiger partial charge in [-0.1, -0.05) is 5.92 Å². The molecule has 42 heavy (non-hydrogen) atoms. The lowest BCUT2D eigenvalue weighted by atomic mass is 9.94. The number of halogens is 1. The Balaban J connectivity index is 1.08. The summed E-state index contributed by atoms with van der Waals surface area (Å²) in [5.41, 5.74) is 6.63. The largest absolute Gasteiger partial charge is 0.415 e. The van der Waals surface area contributed by atoms with Crippen molar-refractivity contribution in [3.63, 3.8) is 0 Å². The molecule has 2 unspecified atom stereocenters. The number of carbonyl (C=O) groups is 2. The number of imidazole rings is 1.